The van der Waals surface area contributed by atoms with Gasteiger partial charge in [0.05, 0.1) is 6.04 Å². The van der Waals surface area contributed by atoms with Crippen LogP contribution in [0.1, 0.15) is 64.3 Å². The van der Waals surface area contributed by atoms with Crippen LogP contribution in [0.4, 0.5) is 4.79 Å². The Hall–Kier alpha value is -2.53. The van der Waals surface area contributed by atoms with Gasteiger partial charge in [-0.2, -0.15) is 0 Å². The van der Waals surface area contributed by atoms with Crippen LogP contribution in [0.25, 0.3) is 10.9 Å². The second-order valence-electron chi connectivity index (χ2n) is 11.3. The van der Waals surface area contributed by atoms with E-state index < -0.39 is 19.9 Å². The Balaban J connectivity index is 2.19. The first-order valence-corrected chi connectivity index (χ1v) is 14.3. The first kappa shape index (κ1) is 24.1. The van der Waals surface area contributed by atoms with Crippen LogP contribution >= 0.6 is 0 Å². The number of alkyl carbamates (subject to hydrolysis) is 1. The zero-order valence-electron chi connectivity index (χ0n) is 21.0. The second kappa shape index (κ2) is 8.43. The molecule has 4 nitrogen and oxygen atoms in total. The Morgan fingerprint density at radius 1 is 0.969 bits per heavy atom. The van der Waals surface area contributed by atoms with E-state index in [-0.39, 0.29) is 11.1 Å². The van der Waals surface area contributed by atoms with Gasteiger partial charge < -0.3 is 14.3 Å². The van der Waals surface area contributed by atoms with Crippen LogP contribution in [-0.2, 0) is 4.74 Å². The van der Waals surface area contributed by atoms with E-state index in [2.05, 4.69) is 105 Å². The molecule has 3 aromatic rings. The number of hydrogen-bond acceptors (Lipinski definition) is 2. The summed E-state index contributed by atoms with van der Waals surface area (Å²) < 4.78 is 8.12. The Morgan fingerprint density at radius 3 is 2.12 bits per heavy atom. The number of carbonyl (C=O) groups is 1. The number of benzene rings is 2. The van der Waals surface area contributed by atoms with E-state index >= 15 is 0 Å². The number of rotatable bonds is 4. The van der Waals surface area contributed by atoms with E-state index in [0.29, 0.717) is 0 Å². The molecule has 1 unspecified atom stereocenters. The molecule has 5 heteroatoms. The number of para-hydroxylation sites is 1. The van der Waals surface area contributed by atoms with Crippen molar-refractivity contribution >= 4 is 25.2 Å². The van der Waals surface area contributed by atoms with Gasteiger partial charge in [0.2, 0.25) is 0 Å². The summed E-state index contributed by atoms with van der Waals surface area (Å²) in [7, 11) is -1.89. The van der Waals surface area contributed by atoms with Gasteiger partial charge in [-0.05, 0) is 44.4 Å². The summed E-state index contributed by atoms with van der Waals surface area (Å²) >= 11 is 0. The van der Waals surface area contributed by atoms with Crippen LogP contribution < -0.4 is 5.32 Å². The van der Waals surface area contributed by atoms with Crippen LogP contribution in [0.3, 0.4) is 0 Å². The normalized spacial score (nSPS) is 13.8. The van der Waals surface area contributed by atoms with Crippen molar-refractivity contribution in [1.82, 2.24) is 9.55 Å². The highest BCUT2D eigenvalue weighted by atomic mass is 28.3. The molecule has 0 aliphatic rings. The molecular weight excluding hydrogens is 412 g/mol. The number of nitrogens with zero attached hydrogens (tertiary/aromatic N) is 1. The topological polar surface area (TPSA) is 43.3 Å². The molecule has 2 aromatic carbocycles. The quantitative estimate of drug-likeness (QED) is 0.420. The first-order chi connectivity index (χ1) is 14.7. The zero-order chi connectivity index (χ0) is 23.9. The average Bonchev–Trinajstić information content (AvgIpc) is 3.05. The fraction of sp³-hybridized carbons (Fsp3) is 0.444. The molecule has 0 saturated carbocycles. The molecule has 1 aromatic heterocycles. The smallest absolute Gasteiger partial charge is 0.408 e. The van der Waals surface area contributed by atoms with Gasteiger partial charge >= 0.3 is 6.09 Å². The van der Waals surface area contributed by atoms with Crippen molar-refractivity contribution in [3.63, 3.8) is 0 Å². The fourth-order valence-corrected chi connectivity index (χ4v) is 5.77. The number of aryl methyl sites for hydroxylation is 1. The van der Waals surface area contributed by atoms with Crippen molar-refractivity contribution in [2.24, 2.45) is 0 Å². The lowest BCUT2D eigenvalue weighted by Gasteiger charge is -2.38. The minimum absolute atomic E-state index is 0.171. The number of carbonyl (C=O) groups excluding carboxylic acids is 1. The molecule has 1 amide bonds. The highest BCUT2D eigenvalue weighted by molar-refractivity contribution is 6.79. The maximum Gasteiger partial charge on any atom is 0.408 e. The summed E-state index contributed by atoms with van der Waals surface area (Å²) in [4.78, 5) is 12.9. The molecule has 0 saturated heterocycles. The lowest BCUT2D eigenvalue weighted by atomic mass is 9.97. The first-order valence-electron chi connectivity index (χ1n) is 11.4. The Kier molecular flexibility index (Phi) is 6.35. The molecule has 0 spiro atoms. The van der Waals surface area contributed by atoms with Gasteiger partial charge in [0.15, 0.2) is 8.24 Å². The van der Waals surface area contributed by atoms with E-state index in [9.17, 15) is 4.79 Å². The number of hydrogen-bond donors (Lipinski definition) is 1. The summed E-state index contributed by atoms with van der Waals surface area (Å²) in [5.41, 5.74) is 3.99. The van der Waals surface area contributed by atoms with Crippen molar-refractivity contribution in [1.29, 1.82) is 0 Å². The summed E-state index contributed by atoms with van der Waals surface area (Å²) in [5, 5.41) is 4.50. The van der Waals surface area contributed by atoms with Crippen molar-refractivity contribution in [2.75, 3.05) is 0 Å². The van der Waals surface area contributed by atoms with Crippen molar-refractivity contribution in [3.05, 3.63) is 71.4 Å². The Morgan fingerprint density at radius 2 is 1.56 bits per heavy atom. The molecule has 0 aliphatic heterocycles. The summed E-state index contributed by atoms with van der Waals surface area (Å²) in [6, 6.07) is 16.6. The monoisotopic (exact) mass is 450 g/mol. The SMILES string of the molecule is Cc1ccc(C(NC(=O)OC(C)(C)C)c2cn([Si](C)(C)C(C)(C)C)c3ccccc23)cc1. The van der Waals surface area contributed by atoms with Crippen LogP contribution in [0.15, 0.2) is 54.7 Å². The van der Waals surface area contributed by atoms with Gasteiger partial charge in [-0.25, -0.2) is 4.79 Å². The zero-order valence-corrected chi connectivity index (χ0v) is 22.0. The third-order valence-electron chi connectivity index (χ3n) is 6.56. The Bertz CT molecular complexity index is 1100. The van der Waals surface area contributed by atoms with Gasteiger partial charge in [-0.3, -0.25) is 0 Å². The number of aromatic nitrogens is 1. The molecule has 1 heterocycles. The molecule has 0 radical (unpaired) electrons. The molecule has 0 bridgehead atoms. The number of fused-ring (bicyclic) bond motifs is 1. The molecular formula is C27H38N2O2Si. The van der Waals surface area contributed by atoms with Gasteiger partial charge in [0.1, 0.15) is 5.60 Å². The van der Waals surface area contributed by atoms with Crippen LogP contribution in [0.5, 0.6) is 0 Å². The number of nitrogens with one attached hydrogen (secondary N) is 1. The highest BCUT2D eigenvalue weighted by Crippen LogP contribution is 2.41. The maximum atomic E-state index is 12.9. The van der Waals surface area contributed by atoms with E-state index in [1.807, 2.05) is 20.8 Å². The highest BCUT2D eigenvalue weighted by Gasteiger charge is 2.39. The van der Waals surface area contributed by atoms with Crippen molar-refractivity contribution in [3.8, 4) is 0 Å². The molecule has 0 aliphatic carbocycles. The van der Waals surface area contributed by atoms with E-state index in [0.717, 1.165) is 11.1 Å². The largest absolute Gasteiger partial charge is 0.444 e. The third kappa shape index (κ3) is 4.93. The van der Waals surface area contributed by atoms with Gasteiger partial charge in [-0.15, -0.1) is 0 Å². The van der Waals surface area contributed by atoms with Crippen LogP contribution in [-0.4, -0.2) is 24.2 Å². The average molecular weight is 451 g/mol. The minimum Gasteiger partial charge on any atom is -0.444 e. The van der Waals surface area contributed by atoms with Gasteiger partial charge in [0.25, 0.3) is 0 Å². The number of ether oxygens (including phenoxy) is 1. The third-order valence-corrected chi connectivity index (χ3v) is 11.8. The number of amides is 1. The van der Waals surface area contributed by atoms with E-state index in [4.69, 9.17) is 4.74 Å². The Labute approximate surface area is 194 Å². The lowest BCUT2D eigenvalue weighted by Crippen LogP contribution is -2.45. The molecule has 1 N–H and O–H groups in total. The standard InChI is InChI=1S/C27H38N2O2Si/c1-19-14-16-20(17-15-19)24(28-25(30)31-26(2,3)4)22-18-29(32(8,9)27(5,6)7)23-13-11-10-12-21(22)23/h10-18,24H,1-9H3,(H,28,30). The maximum absolute atomic E-state index is 12.9. The van der Waals surface area contributed by atoms with Gasteiger partial charge in [0, 0.05) is 22.7 Å². The molecule has 0 fully saturated rings. The van der Waals surface area contributed by atoms with Crippen LogP contribution in [0.2, 0.25) is 18.1 Å². The second-order valence-corrected chi connectivity index (χ2v) is 16.4. The lowest BCUT2D eigenvalue weighted by molar-refractivity contribution is 0.0512. The predicted molar refractivity (Wildman–Crippen MR) is 137 cm³/mol. The van der Waals surface area contributed by atoms with Gasteiger partial charge in [-0.1, -0.05) is 81.9 Å². The molecule has 172 valence electrons. The van der Waals surface area contributed by atoms with Crippen LogP contribution in [0, 0.1) is 6.92 Å². The summed E-state index contributed by atoms with van der Waals surface area (Å²) in [6.45, 7) is 19.5. The van der Waals surface area contributed by atoms with Crippen molar-refractivity contribution in [2.45, 2.75) is 78.2 Å². The van der Waals surface area contributed by atoms with E-state index in [1.165, 1.54) is 16.5 Å². The molecule has 32 heavy (non-hydrogen) atoms. The predicted octanol–water partition coefficient (Wildman–Crippen LogP) is 7.42. The minimum atomic E-state index is -1.89. The summed E-state index contributed by atoms with van der Waals surface area (Å²) in [5.74, 6) is 0. The molecule has 3 rings (SSSR count). The molecule has 1 atom stereocenters. The van der Waals surface area contributed by atoms with Crippen molar-refractivity contribution < 1.29 is 9.53 Å². The van der Waals surface area contributed by atoms with E-state index in [1.54, 1.807) is 0 Å². The fourth-order valence-electron chi connectivity index (χ4n) is 3.78. The summed E-state index contributed by atoms with van der Waals surface area (Å²) in [6.07, 6.45) is 1.86.